The average molecular weight is 437 g/mol. The number of hydrogen-bond acceptors (Lipinski definition) is 6. The molecule has 0 spiro atoms. The second-order valence-corrected chi connectivity index (χ2v) is 8.27. The summed E-state index contributed by atoms with van der Waals surface area (Å²) >= 11 is 1.23. The van der Waals surface area contributed by atoms with E-state index >= 15 is 0 Å². The number of ether oxygens (including phenoxy) is 1. The Morgan fingerprint density at radius 3 is 2.71 bits per heavy atom. The highest BCUT2D eigenvalue weighted by Gasteiger charge is 2.21. The highest BCUT2D eigenvalue weighted by atomic mass is 32.2. The summed E-state index contributed by atoms with van der Waals surface area (Å²) in [5.41, 5.74) is 3.34. The normalized spacial score (nSPS) is 13.5. The summed E-state index contributed by atoms with van der Waals surface area (Å²) in [5.74, 6) is 0.726. The first-order chi connectivity index (χ1) is 15.1. The molecule has 31 heavy (non-hydrogen) atoms. The number of hydrogen-bond donors (Lipinski definition) is 2. The number of aromatic nitrogens is 2. The number of thioether (sulfide) groups is 1. The molecule has 2 N–H and O–H groups in total. The van der Waals surface area contributed by atoms with Crippen LogP contribution in [0.5, 0.6) is 5.75 Å². The van der Waals surface area contributed by atoms with Crippen molar-refractivity contribution < 1.29 is 9.53 Å². The molecule has 0 fully saturated rings. The van der Waals surface area contributed by atoms with Crippen LogP contribution >= 0.6 is 11.8 Å². The number of nitrogens with zero attached hydrogens (tertiary/aromatic N) is 2. The van der Waals surface area contributed by atoms with Crippen molar-refractivity contribution in [2.45, 2.75) is 24.7 Å². The van der Waals surface area contributed by atoms with Crippen molar-refractivity contribution in [3.8, 4) is 5.75 Å². The van der Waals surface area contributed by atoms with E-state index in [-0.39, 0.29) is 17.2 Å². The minimum Gasteiger partial charge on any atom is -0.497 e. The van der Waals surface area contributed by atoms with Crippen LogP contribution in [0.4, 0.5) is 5.69 Å². The fourth-order valence-electron chi connectivity index (χ4n) is 3.51. The molecule has 0 radical (unpaired) electrons. The van der Waals surface area contributed by atoms with Gasteiger partial charge in [-0.2, -0.15) is 0 Å². The van der Waals surface area contributed by atoms with Gasteiger partial charge in [0, 0.05) is 31.7 Å². The summed E-state index contributed by atoms with van der Waals surface area (Å²) in [4.78, 5) is 34.6. The Balaban J connectivity index is 1.35. The van der Waals surface area contributed by atoms with E-state index in [9.17, 15) is 9.59 Å². The van der Waals surface area contributed by atoms with E-state index in [0.29, 0.717) is 23.0 Å². The molecule has 0 aliphatic carbocycles. The zero-order valence-corrected chi connectivity index (χ0v) is 18.1. The van der Waals surface area contributed by atoms with Crippen molar-refractivity contribution in [1.29, 1.82) is 0 Å². The molecule has 1 aliphatic heterocycles. The van der Waals surface area contributed by atoms with Crippen molar-refractivity contribution in [2.24, 2.45) is 0 Å². The molecule has 0 saturated carbocycles. The van der Waals surface area contributed by atoms with Crippen LogP contribution in [0.3, 0.4) is 0 Å². The van der Waals surface area contributed by atoms with Crippen LogP contribution in [-0.4, -0.2) is 40.2 Å². The van der Waals surface area contributed by atoms with Crippen molar-refractivity contribution >= 4 is 23.4 Å². The van der Waals surface area contributed by atoms with E-state index in [1.165, 1.54) is 17.3 Å². The van der Waals surface area contributed by atoms with Gasteiger partial charge in [-0.3, -0.25) is 14.5 Å². The molecule has 2 aromatic carbocycles. The van der Waals surface area contributed by atoms with E-state index in [4.69, 9.17) is 4.74 Å². The summed E-state index contributed by atoms with van der Waals surface area (Å²) in [6.45, 7) is 2.23. The molecule has 8 heteroatoms. The lowest BCUT2D eigenvalue weighted by Gasteiger charge is -2.27. The maximum atomic E-state index is 12.6. The number of H-pyrrole nitrogens is 1. The summed E-state index contributed by atoms with van der Waals surface area (Å²) < 4.78 is 5.11. The Morgan fingerprint density at radius 2 is 1.97 bits per heavy atom. The Morgan fingerprint density at radius 1 is 1.19 bits per heavy atom. The summed E-state index contributed by atoms with van der Waals surface area (Å²) in [6.07, 6.45) is 0.720. The van der Waals surface area contributed by atoms with Gasteiger partial charge in [0.05, 0.1) is 24.1 Å². The number of rotatable bonds is 7. The van der Waals surface area contributed by atoms with Crippen molar-refractivity contribution in [1.82, 2.24) is 14.9 Å². The number of amides is 1. The third-order valence-corrected chi connectivity index (χ3v) is 5.96. The maximum Gasteiger partial charge on any atom is 0.256 e. The standard InChI is InChI=1S/C23H24N4O3S/c1-30-18-9-7-17(8-10-18)24-21(28)15-31-23-25-20-11-12-27(14-19(20)22(29)26-23)13-16-5-3-2-4-6-16/h2-10H,11-15H2,1H3,(H,24,28)(H,25,26,29). The minimum absolute atomic E-state index is 0.124. The molecular formula is C23H24N4O3S. The number of carbonyl (C=O) groups is 1. The van der Waals surface area contributed by atoms with E-state index < -0.39 is 0 Å². The molecule has 1 amide bonds. The fraction of sp³-hybridized carbons (Fsp3) is 0.261. The fourth-order valence-corrected chi connectivity index (χ4v) is 4.19. The Bertz CT molecular complexity index is 1100. The monoisotopic (exact) mass is 436 g/mol. The van der Waals surface area contributed by atoms with Gasteiger partial charge >= 0.3 is 0 Å². The predicted octanol–water partition coefficient (Wildman–Crippen LogP) is 3.07. The molecule has 0 atom stereocenters. The van der Waals surface area contributed by atoms with Crippen LogP contribution in [-0.2, 0) is 24.3 Å². The molecule has 0 bridgehead atoms. The topological polar surface area (TPSA) is 87.3 Å². The number of benzene rings is 2. The van der Waals surface area contributed by atoms with E-state index in [1.807, 2.05) is 18.2 Å². The van der Waals surface area contributed by atoms with E-state index in [0.717, 1.165) is 31.0 Å². The van der Waals surface area contributed by atoms with Gasteiger partial charge in [0.25, 0.3) is 5.56 Å². The molecule has 2 heterocycles. The number of carbonyl (C=O) groups excluding carboxylic acids is 1. The number of aromatic amines is 1. The summed E-state index contributed by atoms with van der Waals surface area (Å²) in [7, 11) is 1.59. The first kappa shape index (κ1) is 21.1. The van der Waals surface area contributed by atoms with Gasteiger partial charge < -0.3 is 15.0 Å². The van der Waals surface area contributed by atoms with Gasteiger partial charge in [-0.15, -0.1) is 0 Å². The Hall–Kier alpha value is -3.10. The first-order valence-electron chi connectivity index (χ1n) is 10.1. The van der Waals surface area contributed by atoms with Crippen molar-refractivity contribution in [3.05, 3.63) is 81.8 Å². The zero-order valence-electron chi connectivity index (χ0n) is 17.3. The summed E-state index contributed by atoms with van der Waals surface area (Å²) in [6, 6.07) is 17.4. The molecule has 7 nitrogen and oxygen atoms in total. The lowest BCUT2D eigenvalue weighted by Crippen LogP contribution is -2.35. The molecule has 1 aromatic heterocycles. The van der Waals surface area contributed by atoms with Crippen LogP contribution in [0, 0.1) is 0 Å². The van der Waals surface area contributed by atoms with Gasteiger partial charge in [0.1, 0.15) is 5.75 Å². The van der Waals surface area contributed by atoms with Crippen LogP contribution in [0.2, 0.25) is 0 Å². The van der Waals surface area contributed by atoms with Gasteiger partial charge in [0.2, 0.25) is 5.91 Å². The highest BCUT2D eigenvalue weighted by Crippen LogP contribution is 2.20. The lowest BCUT2D eigenvalue weighted by molar-refractivity contribution is -0.113. The Kier molecular flexibility index (Phi) is 6.69. The lowest BCUT2D eigenvalue weighted by atomic mass is 10.1. The molecule has 3 aromatic rings. The van der Waals surface area contributed by atoms with Crippen LogP contribution in [0.25, 0.3) is 0 Å². The van der Waals surface area contributed by atoms with E-state index in [1.54, 1.807) is 31.4 Å². The highest BCUT2D eigenvalue weighted by molar-refractivity contribution is 7.99. The Labute approximate surface area is 184 Å². The van der Waals surface area contributed by atoms with Crippen LogP contribution < -0.4 is 15.6 Å². The molecule has 0 unspecified atom stereocenters. The number of anilines is 1. The van der Waals surface area contributed by atoms with Crippen molar-refractivity contribution in [2.75, 3.05) is 24.7 Å². The first-order valence-corrected chi connectivity index (χ1v) is 11.0. The molecule has 4 rings (SSSR count). The molecular weight excluding hydrogens is 412 g/mol. The number of fused-ring (bicyclic) bond motifs is 1. The number of methoxy groups -OCH3 is 1. The third kappa shape index (κ3) is 5.53. The third-order valence-electron chi connectivity index (χ3n) is 5.09. The average Bonchev–Trinajstić information content (AvgIpc) is 2.79. The van der Waals surface area contributed by atoms with Gasteiger partial charge in [-0.05, 0) is 29.8 Å². The molecule has 1 aliphatic rings. The maximum absolute atomic E-state index is 12.6. The van der Waals surface area contributed by atoms with Crippen molar-refractivity contribution in [3.63, 3.8) is 0 Å². The second kappa shape index (κ2) is 9.80. The second-order valence-electron chi connectivity index (χ2n) is 7.31. The molecule has 160 valence electrons. The smallest absolute Gasteiger partial charge is 0.256 e. The van der Waals surface area contributed by atoms with Gasteiger partial charge in [-0.1, -0.05) is 42.1 Å². The molecule has 0 saturated heterocycles. The zero-order chi connectivity index (χ0) is 21.6. The SMILES string of the molecule is COc1ccc(NC(=O)CSc2nc3c(c(=O)[nH]2)CN(Cc2ccccc2)CC3)cc1. The van der Waals surface area contributed by atoms with E-state index in [2.05, 4.69) is 32.3 Å². The minimum atomic E-state index is -0.162. The summed E-state index contributed by atoms with van der Waals surface area (Å²) in [5, 5.41) is 3.30. The van der Waals surface area contributed by atoms with Crippen LogP contribution in [0.15, 0.2) is 64.5 Å². The quantitative estimate of drug-likeness (QED) is 0.437. The van der Waals surface area contributed by atoms with Gasteiger partial charge in [-0.25, -0.2) is 4.98 Å². The van der Waals surface area contributed by atoms with Crippen LogP contribution in [0.1, 0.15) is 16.8 Å². The number of nitrogens with one attached hydrogen (secondary N) is 2. The largest absolute Gasteiger partial charge is 0.497 e. The van der Waals surface area contributed by atoms with Gasteiger partial charge in [0.15, 0.2) is 5.16 Å². The predicted molar refractivity (Wildman–Crippen MR) is 121 cm³/mol.